The van der Waals surface area contributed by atoms with Crippen molar-refractivity contribution in [2.45, 2.75) is 83.2 Å². The summed E-state index contributed by atoms with van der Waals surface area (Å²) in [6.07, 6.45) is 3.69. The Kier molecular flexibility index (Phi) is 6.94. The minimum absolute atomic E-state index is 0.209. The molecule has 37 heavy (non-hydrogen) atoms. The van der Waals surface area contributed by atoms with Crippen LogP contribution >= 0.6 is 0 Å². The number of fused-ring (bicyclic) bond motifs is 1. The summed E-state index contributed by atoms with van der Waals surface area (Å²) in [5.41, 5.74) is 4.84. The van der Waals surface area contributed by atoms with E-state index in [9.17, 15) is 14.3 Å². The minimum Gasteiger partial charge on any atom is -0.460 e. The van der Waals surface area contributed by atoms with Crippen LogP contribution in [-0.2, 0) is 9.53 Å². The highest BCUT2D eigenvalue weighted by Gasteiger charge is 2.33. The number of rotatable bonds is 8. The van der Waals surface area contributed by atoms with E-state index in [4.69, 9.17) is 4.74 Å². The Labute approximate surface area is 217 Å². The van der Waals surface area contributed by atoms with E-state index >= 15 is 0 Å². The molecule has 2 atom stereocenters. The molecule has 5 rings (SSSR count). The number of ether oxygens (including phenoxy) is 1. The maximum absolute atomic E-state index is 13.6. The number of unbranched alkanes of at least 4 members (excludes halogenated alkanes) is 1. The lowest BCUT2D eigenvalue weighted by Gasteiger charge is -2.43. The predicted molar refractivity (Wildman–Crippen MR) is 142 cm³/mol. The van der Waals surface area contributed by atoms with Crippen LogP contribution in [0.25, 0.3) is 11.3 Å². The second kappa shape index (κ2) is 10.2. The summed E-state index contributed by atoms with van der Waals surface area (Å²) < 4.78 is 19.1. The average molecular weight is 507 g/mol. The zero-order valence-electron chi connectivity index (χ0n) is 21.6. The number of hydrogen-bond acceptors (Lipinski definition) is 6. The lowest BCUT2D eigenvalue weighted by Crippen LogP contribution is -2.47. The number of nitrogens with zero attached hydrogens (tertiary/aromatic N) is 2. The second-order valence-corrected chi connectivity index (χ2v) is 11.0. The summed E-state index contributed by atoms with van der Waals surface area (Å²) in [6.45, 7) is 5.58. The Morgan fingerprint density at radius 2 is 1.89 bits per heavy atom. The van der Waals surface area contributed by atoms with Crippen molar-refractivity contribution in [2.24, 2.45) is 0 Å². The lowest BCUT2D eigenvalue weighted by atomic mass is 9.99. The fraction of sp³-hybridized carbons (Fsp3) is 0.448. The third kappa shape index (κ3) is 5.96. The molecule has 2 aliphatic rings. The van der Waals surface area contributed by atoms with Gasteiger partial charge < -0.3 is 20.1 Å². The number of anilines is 2. The molecule has 1 fully saturated rings. The lowest BCUT2D eigenvalue weighted by molar-refractivity contribution is -0.154. The van der Waals surface area contributed by atoms with Crippen molar-refractivity contribution in [1.29, 1.82) is 0 Å². The standard InChI is InChI=1S/C29H35FN4O3/c1-29(2,3)37-27(35)7-5-4-6-26-31-25-16-19(24-17-23(32-33-24)18-8-9-18)10-15-22(25)28(36)34(26)21-13-11-20(30)12-14-21/h10-18,26,28,31,36H,4-9H2,1-3H3,(H,32,33). The van der Waals surface area contributed by atoms with Gasteiger partial charge in [0.1, 0.15) is 17.6 Å². The van der Waals surface area contributed by atoms with Crippen molar-refractivity contribution >= 4 is 17.3 Å². The summed E-state index contributed by atoms with van der Waals surface area (Å²) in [6, 6.07) is 14.2. The molecule has 1 aliphatic carbocycles. The second-order valence-electron chi connectivity index (χ2n) is 11.0. The van der Waals surface area contributed by atoms with Crippen molar-refractivity contribution in [3.05, 3.63) is 65.6 Å². The first-order valence-corrected chi connectivity index (χ1v) is 13.1. The first-order valence-electron chi connectivity index (χ1n) is 13.1. The van der Waals surface area contributed by atoms with Gasteiger partial charge in [0.2, 0.25) is 0 Å². The molecule has 0 spiro atoms. The highest BCUT2D eigenvalue weighted by molar-refractivity contribution is 5.71. The van der Waals surface area contributed by atoms with E-state index in [1.807, 2.05) is 43.9 Å². The molecule has 2 aromatic carbocycles. The molecule has 0 amide bonds. The number of carbonyl (C=O) groups excluding carboxylic acids is 1. The maximum atomic E-state index is 13.6. The van der Waals surface area contributed by atoms with Gasteiger partial charge >= 0.3 is 5.97 Å². The van der Waals surface area contributed by atoms with Gasteiger partial charge in [-0.2, -0.15) is 5.10 Å². The van der Waals surface area contributed by atoms with E-state index in [1.54, 1.807) is 12.1 Å². The molecule has 1 aliphatic heterocycles. The maximum Gasteiger partial charge on any atom is 0.306 e. The van der Waals surface area contributed by atoms with Gasteiger partial charge in [0.25, 0.3) is 0 Å². The van der Waals surface area contributed by atoms with Gasteiger partial charge in [-0.05, 0) is 89.3 Å². The molecule has 3 aromatic rings. The molecule has 1 aromatic heterocycles. The highest BCUT2D eigenvalue weighted by atomic mass is 19.1. The van der Waals surface area contributed by atoms with Gasteiger partial charge in [0, 0.05) is 40.5 Å². The zero-order chi connectivity index (χ0) is 26.2. The van der Waals surface area contributed by atoms with Crippen molar-refractivity contribution < 1.29 is 19.0 Å². The van der Waals surface area contributed by atoms with E-state index in [0.29, 0.717) is 25.2 Å². The minimum atomic E-state index is -0.909. The predicted octanol–water partition coefficient (Wildman–Crippen LogP) is 6.24. The Hall–Kier alpha value is -3.39. The molecule has 196 valence electrons. The van der Waals surface area contributed by atoms with Gasteiger partial charge in [-0.1, -0.05) is 12.1 Å². The normalized spacial score (nSPS) is 19.3. The summed E-state index contributed by atoms with van der Waals surface area (Å²) in [5.74, 6) is 0.0546. The fourth-order valence-corrected chi connectivity index (χ4v) is 4.87. The molecule has 1 saturated carbocycles. The highest BCUT2D eigenvalue weighted by Crippen LogP contribution is 2.42. The molecule has 8 heteroatoms. The van der Waals surface area contributed by atoms with E-state index in [-0.39, 0.29) is 18.0 Å². The van der Waals surface area contributed by atoms with Crippen molar-refractivity contribution in [3.63, 3.8) is 0 Å². The average Bonchev–Trinajstić information content (AvgIpc) is 3.58. The van der Waals surface area contributed by atoms with Crippen molar-refractivity contribution in [2.75, 3.05) is 10.2 Å². The van der Waals surface area contributed by atoms with Gasteiger partial charge in [-0.15, -0.1) is 0 Å². The first kappa shape index (κ1) is 25.3. The molecular formula is C29H35FN4O3. The summed E-state index contributed by atoms with van der Waals surface area (Å²) in [5, 5.41) is 22.7. The van der Waals surface area contributed by atoms with E-state index in [0.717, 1.165) is 34.6 Å². The van der Waals surface area contributed by atoms with Crippen LogP contribution in [-0.4, -0.2) is 33.0 Å². The van der Waals surface area contributed by atoms with Crippen LogP contribution in [0.15, 0.2) is 48.5 Å². The van der Waals surface area contributed by atoms with Gasteiger partial charge in [0.05, 0.1) is 5.69 Å². The van der Waals surface area contributed by atoms with Crippen LogP contribution in [0.3, 0.4) is 0 Å². The summed E-state index contributed by atoms with van der Waals surface area (Å²) >= 11 is 0. The van der Waals surface area contributed by atoms with Crippen LogP contribution in [0.4, 0.5) is 15.8 Å². The summed E-state index contributed by atoms with van der Waals surface area (Å²) in [4.78, 5) is 14.0. The van der Waals surface area contributed by atoms with Gasteiger partial charge in [0.15, 0.2) is 6.23 Å². The van der Waals surface area contributed by atoms with Crippen molar-refractivity contribution in [3.8, 4) is 11.3 Å². The number of aliphatic hydroxyl groups excluding tert-OH is 1. The third-order valence-electron chi connectivity index (χ3n) is 6.82. The number of H-pyrrole nitrogens is 1. The number of aromatic amines is 1. The van der Waals surface area contributed by atoms with Gasteiger partial charge in [-0.25, -0.2) is 4.39 Å². The zero-order valence-corrected chi connectivity index (χ0v) is 21.6. The molecule has 7 nitrogen and oxygen atoms in total. The molecule has 0 bridgehead atoms. The summed E-state index contributed by atoms with van der Waals surface area (Å²) in [7, 11) is 0. The van der Waals surface area contributed by atoms with E-state index in [2.05, 4.69) is 21.6 Å². The quantitative estimate of drug-likeness (QED) is 0.247. The van der Waals surface area contributed by atoms with Crippen molar-refractivity contribution in [1.82, 2.24) is 10.2 Å². The number of halogens is 1. The topological polar surface area (TPSA) is 90.5 Å². The molecular weight excluding hydrogens is 471 g/mol. The number of benzene rings is 2. The smallest absolute Gasteiger partial charge is 0.306 e. The SMILES string of the molecule is CC(C)(C)OC(=O)CCCCC1Nc2cc(-c3cc(C4CC4)[nH]n3)ccc2C(O)N1c1ccc(F)cc1. The third-order valence-corrected chi connectivity index (χ3v) is 6.82. The molecule has 2 heterocycles. The van der Waals surface area contributed by atoms with Crippen LogP contribution in [0.5, 0.6) is 0 Å². The van der Waals surface area contributed by atoms with Crippen LogP contribution in [0.2, 0.25) is 0 Å². The Morgan fingerprint density at radius 3 is 2.59 bits per heavy atom. The number of esters is 1. The molecule has 3 N–H and O–H groups in total. The van der Waals surface area contributed by atoms with E-state index < -0.39 is 11.8 Å². The number of nitrogens with one attached hydrogen (secondary N) is 2. The van der Waals surface area contributed by atoms with Gasteiger partial charge in [-0.3, -0.25) is 9.89 Å². The number of aliphatic hydroxyl groups is 1. The molecule has 0 saturated heterocycles. The largest absolute Gasteiger partial charge is 0.460 e. The van der Waals surface area contributed by atoms with E-state index in [1.165, 1.54) is 30.7 Å². The fourth-order valence-electron chi connectivity index (χ4n) is 4.87. The Bertz CT molecular complexity index is 1250. The monoisotopic (exact) mass is 506 g/mol. The van der Waals surface area contributed by atoms with Crippen LogP contribution < -0.4 is 10.2 Å². The molecule has 0 radical (unpaired) electrons. The first-order chi connectivity index (χ1) is 17.7. The number of carbonyl (C=O) groups is 1. The number of aromatic nitrogens is 2. The Morgan fingerprint density at radius 1 is 1.14 bits per heavy atom. The van der Waals surface area contributed by atoms with Crippen LogP contribution in [0.1, 0.15) is 82.7 Å². The Balaban J connectivity index is 1.35. The van der Waals surface area contributed by atoms with Crippen LogP contribution in [0, 0.1) is 5.82 Å². The molecule has 2 unspecified atom stereocenters. The number of hydrogen-bond donors (Lipinski definition) is 3.